The number of carbonyl (C=O) groups excluding carboxylic acids is 1. The van der Waals surface area contributed by atoms with Crippen molar-refractivity contribution in [3.8, 4) is 11.3 Å². The summed E-state index contributed by atoms with van der Waals surface area (Å²) in [5.74, 6) is 1.95. The molecule has 0 bridgehead atoms. The highest BCUT2D eigenvalue weighted by atomic mass is 16.2. The minimum absolute atomic E-state index is 0.0768. The van der Waals surface area contributed by atoms with E-state index >= 15 is 0 Å². The first-order valence-corrected chi connectivity index (χ1v) is 9.60. The first-order valence-electron chi connectivity index (χ1n) is 9.60. The minimum Gasteiger partial charge on any atom is -0.354 e. The van der Waals surface area contributed by atoms with Crippen molar-refractivity contribution >= 4 is 11.7 Å². The Hall–Kier alpha value is -3.22. The van der Waals surface area contributed by atoms with E-state index in [1.54, 1.807) is 16.9 Å². The number of fused-ring (bicyclic) bond motifs is 1. The summed E-state index contributed by atoms with van der Waals surface area (Å²) >= 11 is 0. The van der Waals surface area contributed by atoms with Crippen LogP contribution in [0.2, 0.25) is 0 Å². The van der Waals surface area contributed by atoms with Gasteiger partial charge in [-0.25, -0.2) is 0 Å². The predicted octanol–water partition coefficient (Wildman–Crippen LogP) is 2.09. The average molecular weight is 374 g/mol. The molecule has 28 heavy (non-hydrogen) atoms. The third-order valence-electron chi connectivity index (χ3n) is 5.86. The topological polar surface area (TPSA) is 67.2 Å². The van der Waals surface area contributed by atoms with Gasteiger partial charge in [0.05, 0.1) is 5.69 Å². The maximum absolute atomic E-state index is 12.7. The SMILES string of the molecule is Cn1nccc1C(=O)N1CC2CN(c3ccc(-c4ccccc4)nn3)CC2C1. The molecule has 142 valence electrons. The second-order valence-corrected chi connectivity index (χ2v) is 7.62. The van der Waals surface area contributed by atoms with Crippen LogP contribution in [-0.4, -0.2) is 57.0 Å². The number of likely N-dealkylation sites (tertiary alicyclic amines) is 1. The summed E-state index contributed by atoms with van der Waals surface area (Å²) in [5.41, 5.74) is 2.61. The van der Waals surface area contributed by atoms with E-state index in [1.165, 1.54) is 0 Å². The Morgan fingerprint density at radius 2 is 1.68 bits per heavy atom. The van der Waals surface area contributed by atoms with Crippen LogP contribution in [0.15, 0.2) is 54.7 Å². The van der Waals surface area contributed by atoms with Gasteiger partial charge in [0.15, 0.2) is 5.82 Å². The third-order valence-corrected chi connectivity index (χ3v) is 5.86. The number of nitrogens with zero attached hydrogens (tertiary/aromatic N) is 6. The van der Waals surface area contributed by atoms with E-state index in [0.29, 0.717) is 17.5 Å². The van der Waals surface area contributed by atoms with Crippen molar-refractivity contribution in [1.82, 2.24) is 24.9 Å². The van der Waals surface area contributed by atoms with Gasteiger partial charge in [-0.3, -0.25) is 9.48 Å². The molecule has 3 aromatic rings. The molecule has 2 unspecified atom stereocenters. The Morgan fingerprint density at radius 3 is 2.29 bits per heavy atom. The smallest absolute Gasteiger partial charge is 0.272 e. The van der Waals surface area contributed by atoms with Gasteiger partial charge in [0, 0.05) is 56.8 Å². The van der Waals surface area contributed by atoms with Gasteiger partial charge in [0.25, 0.3) is 5.91 Å². The molecule has 5 rings (SSSR count). The van der Waals surface area contributed by atoms with E-state index in [-0.39, 0.29) is 5.91 Å². The first-order chi connectivity index (χ1) is 13.7. The number of hydrogen-bond donors (Lipinski definition) is 0. The van der Waals surface area contributed by atoms with Crippen molar-refractivity contribution in [3.05, 3.63) is 60.4 Å². The van der Waals surface area contributed by atoms with Gasteiger partial charge >= 0.3 is 0 Å². The highest BCUT2D eigenvalue weighted by Gasteiger charge is 2.42. The monoisotopic (exact) mass is 374 g/mol. The molecule has 0 spiro atoms. The van der Waals surface area contributed by atoms with Crippen LogP contribution in [0.1, 0.15) is 10.5 Å². The Bertz CT molecular complexity index is 970. The van der Waals surface area contributed by atoms with Crippen molar-refractivity contribution in [2.24, 2.45) is 18.9 Å². The molecule has 7 heteroatoms. The van der Waals surface area contributed by atoms with Crippen LogP contribution < -0.4 is 4.90 Å². The van der Waals surface area contributed by atoms with E-state index in [2.05, 4.69) is 26.3 Å². The highest BCUT2D eigenvalue weighted by molar-refractivity contribution is 5.92. The molecule has 4 heterocycles. The standard InChI is InChI=1S/C21H22N6O/c1-25-19(9-10-22-25)21(28)27-13-16-11-26(12-17(16)14-27)20-8-7-18(23-24-20)15-5-3-2-4-6-15/h2-10,16-17H,11-14H2,1H3. The van der Waals surface area contributed by atoms with E-state index in [0.717, 1.165) is 43.3 Å². The molecule has 2 fully saturated rings. The lowest BCUT2D eigenvalue weighted by Gasteiger charge is -2.22. The third kappa shape index (κ3) is 2.93. The molecular formula is C21H22N6O. The number of aryl methyl sites for hydroxylation is 1. The molecule has 0 N–H and O–H groups in total. The molecule has 1 aromatic carbocycles. The van der Waals surface area contributed by atoms with Crippen LogP contribution in [0.5, 0.6) is 0 Å². The zero-order valence-corrected chi connectivity index (χ0v) is 15.8. The van der Waals surface area contributed by atoms with Gasteiger partial charge < -0.3 is 9.80 Å². The van der Waals surface area contributed by atoms with E-state index in [9.17, 15) is 4.79 Å². The number of amides is 1. The summed E-state index contributed by atoms with van der Waals surface area (Å²) in [6.45, 7) is 3.42. The molecule has 7 nitrogen and oxygen atoms in total. The summed E-state index contributed by atoms with van der Waals surface area (Å²) in [6, 6.07) is 16.0. The summed E-state index contributed by atoms with van der Waals surface area (Å²) < 4.78 is 1.65. The molecule has 2 aromatic heterocycles. The highest BCUT2D eigenvalue weighted by Crippen LogP contribution is 2.34. The number of hydrogen-bond acceptors (Lipinski definition) is 5. The average Bonchev–Trinajstić information content (AvgIpc) is 3.43. The van der Waals surface area contributed by atoms with Crippen LogP contribution in [0, 0.1) is 11.8 Å². The Morgan fingerprint density at radius 1 is 0.929 bits per heavy atom. The van der Waals surface area contributed by atoms with Crippen molar-refractivity contribution in [1.29, 1.82) is 0 Å². The van der Waals surface area contributed by atoms with Gasteiger partial charge in [-0.15, -0.1) is 10.2 Å². The van der Waals surface area contributed by atoms with Gasteiger partial charge in [-0.2, -0.15) is 5.10 Å². The lowest BCUT2D eigenvalue weighted by molar-refractivity contribution is 0.0771. The number of rotatable bonds is 3. The molecule has 0 radical (unpaired) electrons. The fourth-order valence-corrected chi connectivity index (χ4v) is 4.35. The van der Waals surface area contributed by atoms with E-state index in [1.807, 2.05) is 48.3 Å². The van der Waals surface area contributed by atoms with Gasteiger partial charge in [0.1, 0.15) is 5.69 Å². The Balaban J connectivity index is 1.25. The van der Waals surface area contributed by atoms with Gasteiger partial charge in [0.2, 0.25) is 0 Å². The zero-order valence-electron chi connectivity index (χ0n) is 15.8. The number of carbonyl (C=O) groups is 1. The largest absolute Gasteiger partial charge is 0.354 e. The van der Waals surface area contributed by atoms with Gasteiger partial charge in [-0.1, -0.05) is 30.3 Å². The number of anilines is 1. The maximum Gasteiger partial charge on any atom is 0.272 e. The molecule has 0 saturated carbocycles. The van der Waals surface area contributed by atoms with Crippen molar-refractivity contribution in [2.45, 2.75) is 0 Å². The minimum atomic E-state index is 0.0768. The van der Waals surface area contributed by atoms with Crippen molar-refractivity contribution < 1.29 is 4.79 Å². The van der Waals surface area contributed by atoms with Crippen LogP contribution in [0.3, 0.4) is 0 Å². The zero-order chi connectivity index (χ0) is 19.1. The molecular weight excluding hydrogens is 352 g/mol. The fraction of sp³-hybridized carbons (Fsp3) is 0.333. The molecule has 2 aliphatic rings. The second kappa shape index (κ2) is 6.74. The first kappa shape index (κ1) is 16.9. The second-order valence-electron chi connectivity index (χ2n) is 7.62. The summed E-state index contributed by atoms with van der Waals surface area (Å²) in [5, 5.41) is 13.0. The molecule has 2 aliphatic heterocycles. The molecule has 2 saturated heterocycles. The molecule has 1 amide bonds. The normalized spacial score (nSPS) is 21.2. The van der Waals surface area contributed by atoms with E-state index < -0.39 is 0 Å². The summed E-state index contributed by atoms with van der Waals surface area (Å²) in [4.78, 5) is 17.0. The predicted molar refractivity (Wildman–Crippen MR) is 106 cm³/mol. The number of benzene rings is 1. The lowest BCUT2D eigenvalue weighted by Crippen LogP contribution is -2.34. The van der Waals surface area contributed by atoms with Crippen molar-refractivity contribution in [2.75, 3.05) is 31.1 Å². The quantitative estimate of drug-likeness (QED) is 0.702. The van der Waals surface area contributed by atoms with Gasteiger partial charge in [-0.05, 0) is 18.2 Å². The fourth-order valence-electron chi connectivity index (χ4n) is 4.35. The summed E-state index contributed by atoms with van der Waals surface area (Å²) in [6.07, 6.45) is 1.67. The number of aromatic nitrogens is 4. The van der Waals surface area contributed by atoms with E-state index in [4.69, 9.17) is 0 Å². The van der Waals surface area contributed by atoms with Crippen LogP contribution in [0.25, 0.3) is 11.3 Å². The van der Waals surface area contributed by atoms with Crippen LogP contribution >= 0.6 is 0 Å². The molecule has 2 atom stereocenters. The van der Waals surface area contributed by atoms with Crippen molar-refractivity contribution in [3.63, 3.8) is 0 Å². The maximum atomic E-state index is 12.7. The lowest BCUT2D eigenvalue weighted by atomic mass is 10.0. The van der Waals surface area contributed by atoms with Crippen LogP contribution in [-0.2, 0) is 7.05 Å². The summed E-state index contributed by atoms with van der Waals surface area (Å²) in [7, 11) is 1.81. The Kier molecular flexibility index (Phi) is 4.07. The Labute approximate surface area is 163 Å². The molecule has 0 aliphatic carbocycles. The van der Waals surface area contributed by atoms with Crippen LogP contribution in [0.4, 0.5) is 5.82 Å².